The molecule has 2 heterocycles. The minimum atomic E-state index is 1.17. The van der Waals surface area contributed by atoms with Gasteiger partial charge < -0.3 is 9.13 Å². The van der Waals surface area contributed by atoms with Gasteiger partial charge in [-0.1, -0.05) is 138 Å². The van der Waals surface area contributed by atoms with Crippen LogP contribution in [0.15, 0.2) is 176 Å². The van der Waals surface area contributed by atoms with E-state index in [0.29, 0.717) is 0 Å². The molecule has 0 radical (unpaired) electrons. The molecule has 8 aromatic carbocycles. The first-order valence-corrected chi connectivity index (χ1v) is 18.4. The maximum Gasteiger partial charge on any atom is 0.141 e. The highest BCUT2D eigenvalue weighted by molar-refractivity contribution is 6.60. The second kappa shape index (κ2) is 12.4. The van der Waals surface area contributed by atoms with Crippen molar-refractivity contribution < 1.29 is 0 Å². The second-order valence-corrected chi connectivity index (χ2v) is 14.2. The molecule has 0 atom stereocenters. The number of rotatable bonds is 5. The van der Waals surface area contributed by atoms with Crippen LogP contribution in [-0.2, 0) is 0 Å². The summed E-state index contributed by atoms with van der Waals surface area (Å²) in [6.07, 6.45) is 0. The number of nitrogens with zero attached hydrogens (tertiary/aromatic N) is 2. The third kappa shape index (κ3) is 4.92. The van der Waals surface area contributed by atoms with E-state index in [2.05, 4.69) is 209 Å². The number of hydrogen-bond donors (Lipinski definition) is 0. The van der Waals surface area contributed by atoms with Crippen LogP contribution in [0.4, 0.5) is 0 Å². The summed E-state index contributed by atoms with van der Waals surface area (Å²) >= 11 is 0. The molecule has 0 saturated heterocycles. The van der Waals surface area contributed by atoms with Crippen molar-refractivity contribution in [3.05, 3.63) is 176 Å². The quantitative estimate of drug-likeness (QED) is 0.166. The molecule has 5 heteroatoms. The highest BCUT2D eigenvalue weighted by atomic mass is 15.0. The van der Waals surface area contributed by atoms with Gasteiger partial charge >= 0.3 is 0 Å². The minimum absolute atomic E-state index is 1.17. The van der Waals surface area contributed by atoms with E-state index >= 15 is 0 Å². The molecule has 0 bridgehead atoms. The zero-order valence-electron chi connectivity index (χ0n) is 30.1. The van der Waals surface area contributed by atoms with Crippen molar-refractivity contribution in [3.8, 4) is 44.8 Å². The molecule has 10 aromatic rings. The Labute approximate surface area is 312 Å². The van der Waals surface area contributed by atoms with Crippen LogP contribution in [0, 0.1) is 0 Å². The smallest absolute Gasteiger partial charge is 0.141 e. The summed E-state index contributed by atoms with van der Waals surface area (Å²) in [4.78, 5) is 0. The second-order valence-electron chi connectivity index (χ2n) is 14.2. The van der Waals surface area contributed by atoms with Gasteiger partial charge in [-0.15, -0.1) is 0 Å². The topological polar surface area (TPSA) is 9.86 Å². The SMILES string of the molecule is Bc1c(-c2ccc3c(c2)c2ccccc2n3-c2ccccc2)c(B)c2c3cc(-c4ccccc4)ccc3n(-c3cccc(-c4ccccc4)c3)c2c1B. The highest BCUT2D eigenvalue weighted by Gasteiger charge is 2.23. The first kappa shape index (κ1) is 31.3. The van der Waals surface area contributed by atoms with Crippen molar-refractivity contribution in [2.75, 3.05) is 0 Å². The van der Waals surface area contributed by atoms with Gasteiger partial charge in [0, 0.05) is 38.4 Å². The van der Waals surface area contributed by atoms with Gasteiger partial charge in [0.05, 0.1) is 16.6 Å². The average Bonchev–Trinajstić information content (AvgIpc) is 3.74. The molecule has 10 rings (SSSR count). The lowest BCUT2D eigenvalue weighted by atomic mass is 9.69. The van der Waals surface area contributed by atoms with E-state index in [1.807, 2.05) is 0 Å². The molecule has 53 heavy (non-hydrogen) atoms. The van der Waals surface area contributed by atoms with Crippen LogP contribution >= 0.6 is 0 Å². The van der Waals surface area contributed by atoms with Crippen molar-refractivity contribution in [2.45, 2.75) is 0 Å². The van der Waals surface area contributed by atoms with Gasteiger partial charge in [-0.3, -0.25) is 0 Å². The molecule has 246 valence electrons. The van der Waals surface area contributed by atoms with Crippen LogP contribution in [0.3, 0.4) is 0 Å². The molecular formula is C48H35B3N2. The number of aromatic nitrogens is 2. The third-order valence-electron chi connectivity index (χ3n) is 11.3. The summed E-state index contributed by atoms with van der Waals surface area (Å²) in [6, 6.07) is 64.0. The first-order chi connectivity index (χ1) is 26.1. The molecule has 2 nitrogen and oxygen atoms in total. The Morgan fingerprint density at radius 2 is 0.849 bits per heavy atom. The zero-order chi connectivity index (χ0) is 35.6. The minimum Gasteiger partial charge on any atom is -0.310 e. The predicted octanol–water partition coefficient (Wildman–Crippen LogP) is 7.66. The highest BCUT2D eigenvalue weighted by Crippen LogP contribution is 2.38. The predicted molar refractivity (Wildman–Crippen MR) is 236 cm³/mol. The molecule has 0 aliphatic heterocycles. The van der Waals surface area contributed by atoms with Crippen molar-refractivity contribution >= 4 is 83.5 Å². The van der Waals surface area contributed by atoms with E-state index in [4.69, 9.17) is 0 Å². The van der Waals surface area contributed by atoms with E-state index in [9.17, 15) is 0 Å². The Hall–Kier alpha value is -6.45. The third-order valence-corrected chi connectivity index (χ3v) is 11.3. The van der Waals surface area contributed by atoms with Crippen molar-refractivity contribution in [2.24, 2.45) is 0 Å². The van der Waals surface area contributed by atoms with Crippen LogP contribution in [0.1, 0.15) is 0 Å². The zero-order valence-corrected chi connectivity index (χ0v) is 30.1. The molecule has 0 saturated carbocycles. The summed E-state index contributed by atoms with van der Waals surface area (Å²) in [5, 5.41) is 5.12. The van der Waals surface area contributed by atoms with Crippen LogP contribution < -0.4 is 16.4 Å². The van der Waals surface area contributed by atoms with E-state index in [0.717, 1.165) is 0 Å². The van der Waals surface area contributed by atoms with Gasteiger partial charge in [0.15, 0.2) is 0 Å². The Morgan fingerprint density at radius 1 is 0.321 bits per heavy atom. The molecule has 0 N–H and O–H groups in total. The molecular weight excluding hydrogens is 637 g/mol. The molecule has 0 fully saturated rings. The Morgan fingerprint density at radius 3 is 1.57 bits per heavy atom. The summed E-state index contributed by atoms with van der Waals surface area (Å²) < 4.78 is 4.90. The standard InChI is InChI=1S/C48H35B3N2/c49-45-43(34-24-26-41-38(29-34)37-21-10-11-22-40(37)52(41)35-18-8-3-9-19-35)46(50)47(51)48-44(45)39-28-33(31-15-6-2-7-16-31)23-25-42(39)53(48)36-20-12-17-32(27-36)30-13-4-1-5-14-30/h1-29H,49-51H2. The number of hydrogen-bond acceptors (Lipinski definition) is 0. The van der Waals surface area contributed by atoms with Crippen LogP contribution in [0.5, 0.6) is 0 Å². The van der Waals surface area contributed by atoms with Gasteiger partial charge in [-0.2, -0.15) is 0 Å². The van der Waals surface area contributed by atoms with E-state index in [1.165, 1.54) is 105 Å². The largest absolute Gasteiger partial charge is 0.310 e. The maximum atomic E-state index is 2.50. The lowest BCUT2D eigenvalue weighted by Crippen LogP contribution is -2.35. The van der Waals surface area contributed by atoms with Crippen molar-refractivity contribution in [3.63, 3.8) is 0 Å². The molecule has 0 amide bonds. The molecule has 0 aliphatic rings. The Kier molecular flexibility index (Phi) is 7.30. The molecule has 0 unspecified atom stereocenters. The number of fused-ring (bicyclic) bond motifs is 6. The Bertz CT molecular complexity index is 3020. The maximum absolute atomic E-state index is 2.50. The number of benzene rings is 8. The fourth-order valence-corrected chi connectivity index (χ4v) is 8.75. The van der Waals surface area contributed by atoms with Gasteiger partial charge in [0.2, 0.25) is 0 Å². The molecule has 0 aliphatic carbocycles. The number of para-hydroxylation sites is 2. The molecule has 2 aromatic heterocycles. The van der Waals surface area contributed by atoms with E-state index < -0.39 is 0 Å². The van der Waals surface area contributed by atoms with Crippen molar-refractivity contribution in [1.82, 2.24) is 9.13 Å². The summed E-state index contributed by atoms with van der Waals surface area (Å²) in [6.45, 7) is 0. The monoisotopic (exact) mass is 672 g/mol. The van der Waals surface area contributed by atoms with Gasteiger partial charge in [-0.25, -0.2) is 0 Å². The fourth-order valence-electron chi connectivity index (χ4n) is 8.75. The normalized spacial score (nSPS) is 11.6. The average molecular weight is 672 g/mol. The summed E-state index contributed by atoms with van der Waals surface area (Å²) in [5.41, 5.74) is 18.6. The summed E-state index contributed by atoms with van der Waals surface area (Å²) in [5.74, 6) is 0. The van der Waals surface area contributed by atoms with Crippen LogP contribution in [0.2, 0.25) is 0 Å². The van der Waals surface area contributed by atoms with Gasteiger partial charge in [0.1, 0.15) is 23.5 Å². The first-order valence-electron chi connectivity index (χ1n) is 18.4. The van der Waals surface area contributed by atoms with E-state index in [1.54, 1.807) is 0 Å². The lowest BCUT2D eigenvalue weighted by molar-refractivity contribution is 1.18. The van der Waals surface area contributed by atoms with Gasteiger partial charge in [-0.05, 0) is 88.0 Å². The Balaban J connectivity index is 1.26. The lowest BCUT2D eigenvalue weighted by Gasteiger charge is -2.19. The van der Waals surface area contributed by atoms with E-state index in [-0.39, 0.29) is 0 Å². The molecule has 0 spiro atoms. The summed E-state index contributed by atoms with van der Waals surface area (Å²) in [7, 11) is 6.96. The van der Waals surface area contributed by atoms with Crippen LogP contribution in [0.25, 0.3) is 88.4 Å². The fraction of sp³-hybridized carbons (Fsp3) is 0. The van der Waals surface area contributed by atoms with Crippen LogP contribution in [-0.4, -0.2) is 32.7 Å². The van der Waals surface area contributed by atoms with Crippen molar-refractivity contribution in [1.29, 1.82) is 0 Å². The van der Waals surface area contributed by atoms with Gasteiger partial charge in [0.25, 0.3) is 0 Å².